The van der Waals surface area contributed by atoms with E-state index in [1.807, 2.05) is 13.8 Å². The van der Waals surface area contributed by atoms with Crippen LogP contribution in [0.25, 0.3) is 0 Å². The maximum absolute atomic E-state index is 12.8. The molecule has 9 nitrogen and oxygen atoms in total. The zero-order chi connectivity index (χ0) is 19.4. The van der Waals surface area contributed by atoms with Crippen LogP contribution in [0, 0.1) is 5.92 Å². The molecule has 4 atom stereocenters. The molecule has 0 aromatic carbocycles. The standard InChI is InChI=1S/C17H26N2O7/c1-4-25-17(24)13-12(26-13)14(20)18-10(8-9(2)3)15(21)19-7-5-6-11(19)16(22)23/h9-13H,4-8H2,1-3H3,(H,18,20)(H,22,23)/t10-,11-,12-,13-/m0/s1. The van der Waals surface area contributed by atoms with Gasteiger partial charge in [-0.25, -0.2) is 9.59 Å². The third kappa shape index (κ3) is 4.72. The molecule has 0 unspecified atom stereocenters. The summed E-state index contributed by atoms with van der Waals surface area (Å²) >= 11 is 0. The maximum atomic E-state index is 12.8. The Morgan fingerprint density at radius 3 is 2.54 bits per heavy atom. The summed E-state index contributed by atoms with van der Waals surface area (Å²) in [6.07, 6.45) is -0.528. The Balaban J connectivity index is 2.01. The van der Waals surface area contributed by atoms with Crippen LogP contribution in [0.5, 0.6) is 0 Å². The molecule has 0 bridgehead atoms. The van der Waals surface area contributed by atoms with E-state index in [0.29, 0.717) is 25.8 Å². The van der Waals surface area contributed by atoms with Crippen LogP contribution in [0.1, 0.15) is 40.0 Å². The highest BCUT2D eigenvalue weighted by Crippen LogP contribution is 2.25. The monoisotopic (exact) mass is 370 g/mol. The van der Waals surface area contributed by atoms with Gasteiger partial charge in [-0.15, -0.1) is 0 Å². The van der Waals surface area contributed by atoms with E-state index in [1.54, 1.807) is 6.92 Å². The first-order valence-corrected chi connectivity index (χ1v) is 8.92. The number of hydrogen-bond acceptors (Lipinski definition) is 6. The summed E-state index contributed by atoms with van der Waals surface area (Å²) in [7, 11) is 0. The van der Waals surface area contributed by atoms with Crippen molar-refractivity contribution in [1.82, 2.24) is 10.2 Å². The second-order valence-electron chi connectivity index (χ2n) is 6.95. The number of carbonyl (C=O) groups is 4. The van der Waals surface area contributed by atoms with Crippen LogP contribution < -0.4 is 5.32 Å². The lowest BCUT2D eigenvalue weighted by Crippen LogP contribution is -2.53. The zero-order valence-electron chi connectivity index (χ0n) is 15.3. The third-order valence-electron chi connectivity index (χ3n) is 4.41. The first-order chi connectivity index (χ1) is 12.3. The van der Waals surface area contributed by atoms with Gasteiger partial charge in [0.25, 0.3) is 5.91 Å². The molecule has 26 heavy (non-hydrogen) atoms. The number of nitrogens with zero attached hydrogens (tertiary/aromatic N) is 1. The first-order valence-electron chi connectivity index (χ1n) is 8.92. The quantitative estimate of drug-likeness (QED) is 0.452. The summed E-state index contributed by atoms with van der Waals surface area (Å²) in [6, 6.07) is -1.71. The van der Waals surface area contributed by atoms with Crippen molar-refractivity contribution in [3.63, 3.8) is 0 Å². The van der Waals surface area contributed by atoms with E-state index in [1.165, 1.54) is 4.90 Å². The number of epoxide rings is 1. The highest BCUT2D eigenvalue weighted by molar-refractivity contribution is 5.96. The van der Waals surface area contributed by atoms with Gasteiger partial charge < -0.3 is 24.8 Å². The molecule has 2 amide bonds. The highest BCUT2D eigenvalue weighted by Gasteiger charge is 2.52. The number of rotatable bonds is 8. The molecule has 9 heteroatoms. The first kappa shape index (κ1) is 20.2. The molecule has 0 radical (unpaired) electrons. The van der Waals surface area contributed by atoms with E-state index in [9.17, 15) is 24.3 Å². The summed E-state index contributed by atoms with van der Waals surface area (Å²) in [5.41, 5.74) is 0. The fourth-order valence-electron chi connectivity index (χ4n) is 3.15. The fourth-order valence-corrected chi connectivity index (χ4v) is 3.15. The van der Waals surface area contributed by atoms with Crippen molar-refractivity contribution in [2.45, 2.75) is 64.3 Å². The fraction of sp³-hybridized carbons (Fsp3) is 0.765. The maximum Gasteiger partial charge on any atom is 0.338 e. The van der Waals surface area contributed by atoms with Gasteiger partial charge in [-0.05, 0) is 32.1 Å². The summed E-state index contributed by atoms with van der Waals surface area (Å²) in [4.78, 5) is 49.3. The Hall–Kier alpha value is -2.16. The molecule has 0 saturated carbocycles. The van der Waals surface area contributed by atoms with E-state index >= 15 is 0 Å². The van der Waals surface area contributed by atoms with Gasteiger partial charge in [0.1, 0.15) is 12.1 Å². The smallest absolute Gasteiger partial charge is 0.338 e. The molecule has 2 saturated heterocycles. The van der Waals surface area contributed by atoms with Crippen molar-refractivity contribution in [3.8, 4) is 0 Å². The Bertz CT molecular complexity index is 577. The summed E-state index contributed by atoms with van der Waals surface area (Å²) in [5.74, 6) is -2.52. The zero-order valence-corrected chi connectivity index (χ0v) is 15.3. The van der Waals surface area contributed by atoms with Crippen LogP contribution in [0.4, 0.5) is 0 Å². The molecule has 2 heterocycles. The lowest BCUT2D eigenvalue weighted by molar-refractivity contribution is -0.149. The summed E-state index contributed by atoms with van der Waals surface area (Å²) in [6.45, 7) is 6.00. The number of carboxylic acid groups (broad SMARTS) is 1. The van der Waals surface area contributed by atoms with E-state index in [-0.39, 0.29) is 12.5 Å². The number of nitrogens with one attached hydrogen (secondary N) is 1. The van der Waals surface area contributed by atoms with Crippen LogP contribution in [-0.4, -0.2) is 71.2 Å². The average molecular weight is 370 g/mol. The van der Waals surface area contributed by atoms with Crippen LogP contribution in [0.15, 0.2) is 0 Å². The molecular weight excluding hydrogens is 344 g/mol. The van der Waals surface area contributed by atoms with Gasteiger partial charge in [-0.1, -0.05) is 13.8 Å². The van der Waals surface area contributed by atoms with Gasteiger partial charge in [-0.3, -0.25) is 9.59 Å². The molecule has 2 fully saturated rings. The van der Waals surface area contributed by atoms with E-state index < -0.39 is 48.0 Å². The second kappa shape index (κ2) is 8.48. The third-order valence-corrected chi connectivity index (χ3v) is 4.41. The molecule has 0 spiro atoms. The van der Waals surface area contributed by atoms with E-state index in [2.05, 4.69) is 5.32 Å². The molecule has 0 aromatic rings. The number of ether oxygens (including phenoxy) is 2. The number of hydrogen-bond donors (Lipinski definition) is 2. The molecule has 2 aliphatic heterocycles. The largest absolute Gasteiger partial charge is 0.480 e. The minimum absolute atomic E-state index is 0.108. The predicted octanol–water partition coefficient (Wildman–Crippen LogP) is -0.0766. The van der Waals surface area contributed by atoms with Crippen molar-refractivity contribution in [3.05, 3.63) is 0 Å². The van der Waals surface area contributed by atoms with E-state index in [0.717, 1.165) is 0 Å². The number of aliphatic carboxylic acids is 1. The van der Waals surface area contributed by atoms with Gasteiger partial charge in [0, 0.05) is 6.54 Å². The van der Waals surface area contributed by atoms with Gasteiger partial charge >= 0.3 is 11.9 Å². The number of amides is 2. The van der Waals surface area contributed by atoms with Gasteiger partial charge in [0.2, 0.25) is 5.91 Å². The lowest BCUT2D eigenvalue weighted by Gasteiger charge is -2.28. The summed E-state index contributed by atoms with van der Waals surface area (Å²) in [5, 5.41) is 11.9. The van der Waals surface area contributed by atoms with Crippen LogP contribution >= 0.6 is 0 Å². The summed E-state index contributed by atoms with van der Waals surface area (Å²) < 4.78 is 9.86. The minimum atomic E-state index is -1.04. The normalized spacial score (nSPS) is 25.7. The Kier molecular flexibility index (Phi) is 6.57. The van der Waals surface area contributed by atoms with Crippen molar-refractivity contribution < 1.29 is 33.8 Å². The number of esters is 1. The molecular formula is C17H26N2O7. The molecule has 2 aliphatic rings. The topological polar surface area (TPSA) is 126 Å². The number of carboxylic acids is 1. The van der Waals surface area contributed by atoms with Crippen LogP contribution in [-0.2, 0) is 28.7 Å². The number of likely N-dealkylation sites (tertiary alicyclic amines) is 1. The van der Waals surface area contributed by atoms with Crippen molar-refractivity contribution in [1.29, 1.82) is 0 Å². The van der Waals surface area contributed by atoms with Gasteiger partial charge in [0.15, 0.2) is 12.2 Å². The lowest BCUT2D eigenvalue weighted by atomic mass is 10.0. The van der Waals surface area contributed by atoms with Gasteiger partial charge in [-0.2, -0.15) is 0 Å². The SMILES string of the molecule is CCOC(=O)[C@H]1O[C@@H]1C(=O)N[C@@H](CC(C)C)C(=O)N1CCC[C@H]1C(=O)O. The van der Waals surface area contributed by atoms with Crippen molar-refractivity contribution >= 4 is 23.8 Å². The van der Waals surface area contributed by atoms with Gasteiger partial charge in [0.05, 0.1) is 6.61 Å². The second-order valence-corrected chi connectivity index (χ2v) is 6.95. The Morgan fingerprint density at radius 2 is 1.96 bits per heavy atom. The van der Waals surface area contributed by atoms with E-state index in [4.69, 9.17) is 9.47 Å². The average Bonchev–Trinajstić information content (AvgIpc) is 3.21. The molecule has 0 aromatic heterocycles. The number of carbonyl (C=O) groups excluding carboxylic acids is 3. The molecule has 0 aliphatic carbocycles. The van der Waals surface area contributed by atoms with Crippen molar-refractivity contribution in [2.24, 2.45) is 5.92 Å². The molecule has 2 N–H and O–H groups in total. The van der Waals surface area contributed by atoms with Crippen LogP contribution in [0.3, 0.4) is 0 Å². The Morgan fingerprint density at radius 1 is 1.27 bits per heavy atom. The van der Waals surface area contributed by atoms with Crippen LogP contribution in [0.2, 0.25) is 0 Å². The Labute approximate surface area is 152 Å². The minimum Gasteiger partial charge on any atom is -0.480 e. The van der Waals surface area contributed by atoms with Crippen molar-refractivity contribution in [2.75, 3.05) is 13.2 Å². The molecule has 146 valence electrons. The highest BCUT2D eigenvalue weighted by atomic mass is 16.6. The predicted molar refractivity (Wildman–Crippen MR) is 89.1 cm³/mol. The molecule has 2 rings (SSSR count).